The Balaban J connectivity index is 1.32. The number of benzene rings is 3. The van der Waals surface area contributed by atoms with Gasteiger partial charge in [-0.3, -0.25) is 9.91 Å². The summed E-state index contributed by atoms with van der Waals surface area (Å²) in [7, 11) is 0. The normalized spacial score (nSPS) is 17.0. The third kappa shape index (κ3) is 3.55. The summed E-state index contributed by atoms with van der Waals surface area (Å²) in [6.45, 7) is 3.73. The third-order valence-electron chi connectivity index (χ3n) is 5.78. The second-order valence-corrected chi connectivity index (χ2v) is 8.32. The SMILES string of the molecule is Clc1ccc(/C=N\N2CCN(C3c4ccccc4-c4ccccc43)CC2)c(Cl)c1. The van der Waals surface area contributed by atoms with Crippen molar-refractivity contribution in [1.29, 1.82) is 0 Å². The van der Waals surface area contributed by atoms with Gasteiger partial charge in [0.2, 0.25) is 0 Å². The van der Waals surface area contributed by atoms with Crippen LogP contribution in [0.2, 0.25) is 10.0 Å². The van der Waals surface area contributed by atoms with Gasteiger partial charge < -0.3 is 0 Å². The molecule has 5 heteroatoms. The number of fused-ring (bicyclic) bond motifs is 3. The van der Waals surface area contributed by atoms with Gasteiger partial charge in [-0.1, -0.05) is 77.8 Å². The van der Waals surface area contributed by atoms with Crippen molar-refractivity contribution in [2.45, 2.75) is 6.04 Å². The van der Waals surface area contributed by atoms with E-state index in [0.29, 0.717) is 16.1 Å². The van der Waals surface area contributed by atoms with Crippen LogP contribution < -0.4 is 0 Å². The molecule has 3 aromatic carbocycles. The smallest absolute Gasteiger partial charge is 0.0615 e. The van der Waals surface area contributed by atoms with Gasteiger partial charge in [-0.2, -0.15) is 5.10 Å². The number of nitrogens with zero attached hydrogens (tertiary/aromatic N) is 3. The standard InChI is InChI=1S/C24H21Cl2N3/c25-18-10-9-17(23(26)15-18)16-27-29-13-11-28(12-14-29)24-21-7-3-1-5-19(21)20-6-2-4-8-22(20)24/h1-10,15-16,24H,11-14H2/b27-16-. The molecule has 3 aromatic rings. The average Bonchev–Trinajstić information content (AvgIpc) is 3.08. The molecule has 0 radical (unpaired) electrons. The first-order chi connectivity index (χ1) is 14.2. The molecule has 5 rings (SSSR count). The Morgan fingerprint density at radius 1 is 0.793 bits per heavy atom. The summed E-state index contributed by atoms with van der Waals surface area (Å²) >= 11 is 12.2. The summed E-state index contributed by atoms with van der Waals surface area (Å²) in [5.74, 6) is 0. The van der Waals surface area contributed by atoms with Crippen LogP contribution in [-0.2, 0) is 0 Å². The van der Waals surface area contributed by atoms with Crippen molar-refractivity contribution in [3.8, 4) is 11.1 Å². The Morgan fingerprint density at radius 2 is 1.41 bits per heavy atom. The number of hydrogen-bond donors (Lipinski definition) is 0. The van der Waals surface area contributed by atoms with Crippen LogP contribution in [0.25, 0.3) is 11.1 Å². The van der Waals surface area contributed by atoms with Crippen LogP contribution in [0, 0.1) is 0 Å². The maximum Gasteiger partial charge on any atom is 0.0615 e. The summed E-state index contributed by atoms with van der Waals surface area (Å²) < 4.78 is 0. The Labute approximate surface area is 181 Å². The molecular formula is C24H21Cl2N3. The van der Waals surface area contributed by atoms with Gasteiger partial charge in [-0.25, -0.2) is 0 Å². The molecule has 0 amide bonds. The van der Waals surface area contributed by atoms with E-state index in [0.717, 1.165) is 31.7 Å². The van der Waals surface area contributed by atoms with Crippen molar-refractivity contribution in [2.75, 3.05) is 26.2 Å². The molecule has 3 nitrogen and oxygen atoms in total. The van der Waals surface area contributed by atoms with E-state index in [1.807, 2.05) is 18.3 Å². The van der Waals surface area contributed by atoms with Crippen LogP contribution in [0.4, 0.5) is 0 Å². The molecule has 2 aliphatic rings. The monoisotopic (exact) mass is 421 g/mol. The molecule has 1 aliphatic carbocycles. The molecular weight excluding hydrogens is 401 g/mol. The molecule has 1 saturated heterocycles. The number of hydrogen-bond acceptors (Lipinski definition) is 3. The van der Waals surface area contributed by atoms with Crippen LogP contribution in [0.3, 0.4) is 0 Å². The Bertz CT molecular complexity index is 1030. The van der Waals surface area contributed by atoms with Gasteiger partial charge in [0, 0.05) is 36.8 Å². The van der Waals surface area contributed by atoms with E-state index >= 15 is 0 Å². The van der Waals surface area contributed by atoms with Crippen molar-refractivity contribution in [2.24, 2.45) is 5.10 Å². The topological polar surface area (TPSA) is 18.8 Å². The first-order valence-corrected chi connectivity index (χ1v) is 10.6. The molecule has 0 N–H and O–H groups in total. The fourth-order valence-corrected chi connectivity index (χ4v) is 4.81. The van der Waals surface area contributed by atoms with Crippen molar-refractivity contribution >= 4 is 29.4 Å². The molecule has 0 unspecified atom stereocenters. The molecule has 146 valence electrons. The molecule has 1 heterocycles. The van der Waals surface area contributed by atoms with E-state index in [-0.39, 0.29) is 0 Å². The summed E-state index contributed by atoms with van der Waals surface area (Å²) in [4.78, 5) is 2.58. The number of rotatable bonds is 3. The van der Waals surface area contributed by atoms with Gasteiger partial charge in [-0.15, -0.1) is 0 Å². The highest BCUT2D eigenvalue weighted by Gasteiger charge is 2.33. The van der Waals surface area contributed by atoms with Gasteiger partial charge in [0.15, 0.2) is 0 Å². The average molecular weight is 422 g/mol. The van der Waals surface area contributed by atoms with E-state index in [1.54, 1.807) is 6.07 Å². The van der Waals surface area contributed by atoms with E-state index in [1.165, 1.54) is 22.3 Å². The first-order valence-electron chi connectivity index (χ1n) is 9.87. The van der Waals surface area contributed by atoms with E-state index in [4.69, 9.17) is 23.2 Å². The lowest BCUT2D eigenvalue weighted by Crippen LogP contribution is -2.45. The van der Waals surface area contributed by atoms with Gasteiger partial charge in [0.1, 0.15) is 0 Å². The largest absolute Gasteiger partial charge is 0.294 e. The maximum absolute atomic E-state index is 6.25. The van der Waals surface area contributed by atoms with Gasteiger partial charge in [0.05, 0.1) is 17.3 Å². The van der Waals surface area contributed by atoms with E-state index in [2.05, 4.69) is 63.5 Å². The Morgan fingerprint density at radius 3 is 2.03 bits per heavy atom. The molecule has 0 atom stereocenters. The van der Waals surface area contributed by atoms with Crippen molar-refractivity contribution in [3.63, 3.8) is 0 Å². The Hall–Kier alpha value is -2.33. The molecule has 0 spiro atoms. The zero-order chi connectivity index (χ0) is 19.8. The predicted molar refractivity (Wildman–Crippen MR) is 121 cm³/mol. The maximum atomic E-state index is 6.25. The summed E-state index contributed by atoms with van der Waals surface area (Å²) in [6, 6.07) is 23.4. The lowest BCUT2D eigenvalue weighted by Gasteiger charge is -2.37. The lowest BCUT2D eigenvalue weighted by atomic mass is 10.0. The van der Waals surface area contributed by atoms with Crippen LogP contribution in [-0.4, -0.2) is 42.3 Å². The first kappa shape index (κ1) is 18.7. The van der Waals surface area contributed by atoms with Gasteiger partial charge >= 0.3 is 0 Å². The van der Waals surface area contributed by atoms with Crippen LogP contribution in [0.5, 0.6) is 0 Å². The van der Waals surface area contributed by atoms with Crippen LogP contribution >= 0.6 is 23.2 Å². The zero-order valence-corrected chi connectivity index (χ0v) is 17.4. The van der Waals surface area contributed by atoms with E-state index in [9.17, 15) is 0 Å². The molecule has 29 heavy (non-hydrogen) atoms. The molecule has 1 fully saturated rings. The lowest BCUT2D eigenvalue weighted by molar-refractivity contribution is 0.114. The van der Waals surface area contributed by atoms with Crippen molar-refractivity contribution in [1.82, 2.24) is 9.91 Å². The van der Waals surface area contributed by atoms with Gasteiger partial charge in [0.25, 0.3) is 0 Å². The Kier molecular flexibility index (Phi) is 5.04. The van der Waals surface area contributed by atoms with Crippen molar-refractivity contribution < 1.29 is 0 Å². The second-order valence-electron chi connectivity index (χ2n) is 7.48. The second kappa shape index (κ2) is 7.83. The third-order valence-corrected chi connectivity index (χ3v) is 6.34. The minimum Gasteiger partial charge on any atom is -0.294 e. The molecule has 0 aromatic heterocycles. The highest BCUT2D eigenvalue weighted by molar-refractivity contribution is 6.36. The molecule has 0 bridgehead atoms. The van der Waals surface area contributed by atoms with Gasteiger partial charge in [-0.05, 0) is 34.4 Å². The summed E-state index contributed by atoms with van der Waals surface area (Å²) in [6.07, 6.45) is 1.83. The number of halogens is 2. The minimum atomic E-state index is 0.333. The fraction of sp³-hybridized carbons (Fsp3) is 0.208. The highest BCUT2D eigenvalue weighted by atomic mass is 35.5. The van der Waals surface area contributed by atoms with Crippen LogP contribution in [0.1, 0.15) is 22.7 Å². The predicted octanol–water partition coefficient (Wildman–Crippen LogP) is 5.71. The summed E-state index contributed by atoms with van der Waals surface area (Å²) in [5, 5.41) is 8.03. The zero-order valence-electron chi connectivity index (χ0n) is 15.9. The quantitative estimate of drug-likeness (QED) is 0.503. The molecule has 0 saturated carbocycles. The van der Waals surface area contributed by atoms with Crippen LogP contribution in [0.15, 0.2) is 71.8 Å². The van der Waals surface area contributed by atoms with Crippen molar-refractivity contribution in [3.05, 3.63) is 93.5 Å². The van der Waals surface area contributed by atoms with E-state index < -0.39 is 0 Å². The number of piperazine rings is 1. The minimum absolute atomic E-state index is 0.333. The number of hydrazone groups is 1. The molecule has 1 aliphatic heterocycles. The highest BCUT2D eigenvalue weighted by Crippen LogP contribution is 2.46. The summed E-state index contributed by atoms with van der Waals surface area (Å²) in [5.41, 5.74) is 6.45. The fourth-order valence-electron chi connectivity index (χ4n) is 4.36.